The smallest absolute Gasteiger partial charge is 0.412 e. The predicted molar refractivity (Wildman–Crippen MR) is 145 cm³/mol. The molecule has 37 heavy (non-hydrogen) atoms. The van der Waals surface area contributed by atoms with Crippen molar-refractivity contribution in [3.63, 3.8) is 0 Å². The number of thiophene rings is 1. The van der Waals surface area contributed by atoms with Crippen LogP contribution in [-0.4, -0.2) is 48.1 Å². The zero-order valence-electron chi connectivity index (χ0n) is 21.2. The highest BCUT2D eigenvalue weighted by atomic mass is 32.1. The number of hydrogen-bond acceptors (Lipinski definition) is 7. The zero-order valence-corrected chi connectivity index (χ0v) is 22.0. The van der Waals surface area contributed by atoms with Gasteiger partial charge in [-0.2, -0.15) is 0 Å². The predicted octanol–water partition coefficient (Wildman–Crippen LogP) is 6.02. The fraction of sp³-hybridized carbons (Fsp3) is 0.321. The third kappa shape index (κ3) is 7.65. The number of hydrogen-bond donors (Lipinski definition) is 2. The van der Waals surface area contributed by atoms with Crippen LogP contribution in [0.2, 0.25) is 0 Å². The number of anilines is 2. The molecule has 2 heterocycles. The Morgan fingerprint density at radius 1 is 0.946 bits per heavy atom. The monoisotopic (exact) mass is 521 g/mol. The normalized spacial score (nSPS) is 13.7. The molecule has 0 bridgehead atoms. The molecule has 1 saturated heterocycles. The van der Waals surface area contributed by atoms with Gasteiger partial charge in [-0.1, -0.05) is 12.1 Å². The molecule has 0 aliphatic carbocycles. The van der Waals surface area contributed by atoms with Crippen molar-refractivity contribution in [2.24, 2.45) is 0 Å². The minimum Gasteiger partial charge on any atom is -0.444 e. The standard InChI is InChI=1S/C28H31N3O5S/c1-28(2,3)36-27(34)30-22-13-10-20(24-7-6-16-37-24)17-23(22)29-26(33)19-8-11-21(12-9-19)35-25(32)18-31-14-4-5-15-31/h6-13,16-17H,4-5,14-15,18H2,1-3H3,(H,29,33)(H,30,34). The van der Waals surface area contributed by atoms with E-state index in [9.17, 15) is 14.4 Å². The van der Waals surface area contributed by atoms with Crippen LogP contribution in [0.1, 0.15) is 44.0 Å². The molecule has 4 rings (SSSR count). The lowest BCUT2D eigenvalue weighted by atomic mass is 10.1. The van der Waals surface area contributed by atoms with E-state index < -0.39 is 11.7 Å². The first-order valence-electron chi connectivity index (χ1n) is 12.2. The maximum atomic E-state index is 13.1. The van der Waals surface area contributed by atoms with Crippen LogP contribution < -0.4 is 15.4 Å². The second-order valence-electron chi connectivity index (χ2n) is 9.80. The first-order chi connectivity index (χ1) is 17.7. The summed E-state index contributed by atoms with van der Waals surface area (Å²) in [6, 6.07) is 15.7. The van der Waals surface area contributed by atoms with Crippen LogP contribution in [0.5, 0.6) is 5.75 Å². The number of nitrogens with one attached hydrogen (secondary N) is 2. The third-order valence-electron chi connectivity index (χ3n) is 5.61. The van der Waals surface area contributed by atoms with E-state index in [0.717, 1.165) is 36.4 Å². The first kappa shape index (κ1) is 26.4. The van der Waals surface area contributed by atoms with Gasteiger partial charge in [-0.25, -0.2) is 4.79 Å². The first-order valence-corrected chi connectivity index (χ1v) is 13.1. The number of esters is 1. The van der Waals surface area contributed by atoms with E-state index in [-0.39, 0.29) is 18.4 Å². The molecule has 1 aromatic heterocycles. The molecule has 0 saturated carbocycles. The fourth-order valence-corrected chi connectivity index (χ4v) is 4.65. The van der Waals surface area contributed by atoms with Gasteiger partial charge >= 0.3 is 12.1 Å². The number of amides is 2. The molecule has 2 amide bonds. The van der Waals surface area contributed by atoms with Gasteiger partial charge < -0.3 is 14.8 Å². The molecular weight excluding hydrogens is 490 g/mol. The summed E-state index contributed by atoms with van der Waals surface area (Å²) in [6.45, 7) is 7.42. The quantitative estimate of drug-likeness (QED) is 0.292. The molecular formula is C28H31N3O5S. The Morgan fingerprint density at radius 3 is 2.32 bits per heavy atom. The molecule has 1 aliphatic heterocycles. The summed E-state index contributed by atoms with van der Waals surface area (Å²) in [6.07, 6.45) is 1.58. The van der Waals surface area contributed by atoms with Crippen molar-refractivity contribution in [3.05, 3.63) is 65.5 Å². The van der Waals surface area contributed by atoms with Crippen LogP contribution in [0.4, 0.5) is 16.2 Å². The number of benzene rings is 2. The van der Waals surface area contributed by atoms with Crippen molar-refractivity contribution in [3.8, 4) is 16.2 Å². The molecule has 0 radical (unpaired) electrons. The molecule has 2 N–H and O–H groups in total. The fourth-order valence-electron chi connectivity index (χ4n) is 3.92. The van der Waals surface area contributed by atoms with Gasteiger partial charge in [-0.05, 0) is 100 Å². The van der Waals surface area contributed by atoms with Crippen LogP contribution in [0.3, 0.4) is 0 Å². The lowest BCUT2D eigenvalue weighted by Gasteiger charge is -2.21. The SMILES string of the molecule is CC(C)(C)OC(=O)Nc1ccc(-c2cccs2)cc1NC(=O)c1ccc(OC(=O)CN2CCCC2)cc1. The topological polar surface area (TPSA) is 97.0 Å². The van der Waals surface area contributed by atoms with Crippen LogP contribution in [0, 0.1) is 0 Å². The van der Waals surface area contributed by atoms with Gasteiger partial charge in [0.15, 0.2) is 0 Å². The number of nitrogens with zero attached hydrogens (tertiary/aromatic N) is 1. The average molecular weight is 522 g/mol. The summed E-state index contributed by atoms with van der Waals surface area (Å²) >= 11 is 1.57. The molecule has 8 nitrogen and oxygen atoms in total. The Kier molecular flexibility index (Phi) is 8.25. The van der Waals surface area contributed by atoms with Crippen molar-refractivity contribution >= 4 is 40.7 Å². The number of carbonyl (C=O) groups is 3. The molecule has 2 aromatic carbocycles. The van der Waals surface area contributed by atoms with Crippen molar-refractivity contribution in [2.45, 2.75) is 39.2 Å². The zero-order chi connectivity index (χ0) is 26.4. The van der Waals surface area contributed by atoms with E-state index in [4.69, 9.17) is 9.47 Å². The molecule has 194 valence electrons. The third-order valence-corrected chi connectivity index (χ3v) is 6.53. The van der Waals surface area contributed by atoms with Gasteiger partial charge in [-0.3, -0.25) is 19.8 Å². The second-order valence-corrected chi connectivity index (χ2v) is 10.7. The Morgan fingerprint density at radius 2 is 1.68 bits per heavy atom. The molecule has 1 fully saturated rings. The summed E-state index contributed by atoms with van der Waals surface area (Å²) < 4.78 is 10.8. The summed E-state index contributed by atoms with van der Waals surface area (Å²) in [5.41, 5.74) is 1.46. The number of carbonyl (C=O) groups excluding carboxylic acids is 3. The Balaban J connectivity index is 1.47. The van der Waals surface area contributed by atoms with Crippen LogP contribution in [0.25, 0.3) is 10.4 Å². The molecule has 0 atom stereocenters. The van der Waals surface area contributed by atoms with Crippen LogP contribution in [-0.2, 0) is 9.53 Å². The maximum Gasteiger partial charge on any atom is 0.412 e. The van der Waals surface area contributed by atoms with Crippen molar-refractivity contribution in [2.75, 3.05) is 30.3 Å². The van der Waals surface area contributed by atoms with Crippen LogP contribution >= 0.6 is 11.3 Å². The van der Waals surface area contributed by atoms with Crippen molar-refractivity contribution in [1.29, 1.82) is 0 Å². The molecule has 9 heteroatoms. The lowest BCUT2D eigenvalue weighted by Crippen LogP contribution is -2.29. The minimum absolute atomic E-state index is 0.260. The second kappa shape index (κ2) is 11.6. The van der Waals surface area contributed by atoms with Crippen LogP contribution in [0.15, 0.2) is 60.0 Å². The number of rotatable bonds is 7. The van der Waals surface area contributed by atoms with Gasteiger partial charge in [-0.15, -0.1) is 11.3 Å². The Labute approximate surface area is 220 Å². The van der Waals surface area contributed by atoms with Gasteiger partial charge in [0, 0.05) is 10.4 Å². The number of ether oxygens (including phenoxy) is 2. The Hall–Kier alpha value is -3.69. The van der Waals surface area contributed by atoms with Gasteiger partial charge in [0.25, 0.3) is 5.91 Å². The van der Waals surface area contributed by atoms with E-state index in [1.165, 1.54) is 0 Å². The summed E-state index contributed by atoms with van der Waals surface area (Å²) in [5.74, 6) is -0.305. The number of likely N-dealkylation sites (tertiary alicyclic amines) is 1. The highest BCUT2D eigenvalue weighted by molar-refractivity contribution is 7.13. The minimum atomic E-state index is -0.663. The highest BCUT2D eigenvalue weighted by Crippen LogP contribution is 2.32. The van der Waals surface area contributed by atoms with Gasteiger partial charge in [0.1, 0.15) is 11.4 Å². The maximum absolute atomic E-state index is 13.1. The summed E-state index contributed by atoms with van der Waals surface area (Å²) in [5, 5.41) is 7.58. The van der Waals surface area contributed by atoms with Gasteiger partial charge in [0.05, 0.1) is 17.9 Å². The molecule has 0 unspecified atom stereocenters. The molecule has 1 aliphatic rings. The lowest BCUT2D eigenvalue weighted by molar-refractivity contribution is -0.135. The molecule has 3 aromatic rings. The van der Waals surface area contributed by atoms with Gasteiger partial charge in [0.2, 0.25) is 0 Å². The largest absolute Gasteiger partial charge is 0.444 e. The summed E-state index contributed by atoms with van der Waals surface area (Å²) in [7, 11) is 0. The summed E-state index contributed by atoms with van der Waals surface area (Å²) in [4.78, 5) is 40.7. The molecule has 0 spiro atoms. The highest BCUT2D eigenvalue weighted by Gasteiger charge is 2.19. The van der Waals surface area contributed by atoms with E-state index >= 15 is 0 Å². The van der Waals surface area contributed by atoms with E-state index in [1.807, 2.05) is 29.6 Å². The average Bonchev–Trinajstić information content (AvgIpc) is 3.54. The van der Waals surface area contributed by atoms with E-state index in [0.29, 0.717) is 22.7 Å². The van der Waals surface area contributed by atoms with E-state index in [1.54, 1.807) is 62.4 Å². The van der Waals surface area contributed by atoms with Crippen molar-refractivity contribution < 1.29 is 23.9 Å². The van der Waals surface area contributed by atoms with E-state index in [2.05, 4.69) is 15.5 Å². The Bertz CT molecular complexity index is 1240. The van der Waals surface area contributed by atoms with Crippen molar-refractivity contribution in [1.82, 2.24) is 4.90 Å².